The standard InChI is InChI=1S/C15H14N2O5/c1-20-14(18)12-8-22-9-17(13(12)15(19)21-2)11-5-3-10(7-16)4-6-11/h3-6H,8-9H2,1-2H3. The molecule has 0 fully saturated rings. The van der Waals surface area contributed by atoms with Crippen LogP contribution in [0.2, 0.25) is 0 Å². The number of carbonyl (C=O) groups is 2. The van der Waals surface area contributed by atoms with Crippen LogP contribution in [0.1, 0.15) is 5.56 Å². The second-order valence-corrected chi connectivity index (χ2v) is 4.37. The summed E-state index contributed by atoms with van der Waals surface area (Å²) in [5.74, 6) is -1.31. The van der Waals surface area contributed by atoms with Gasteiger partial charge in [-0.2, -0.15) is 5.26 Å². The number of methoxy groups -OCH3 is 2. The monoisotopic (exact) mass is 302 g/mol. The zero-order valence-electron chi connectivity index (χ0n) is 12.2. The molecule has 2 rings (SSSR count). The second kappa shape index (κ2) is 6.74. The highest BCUT2D eigenvalue weighted by atomic mass is 16.5. The van der Waals surface area contributed by atoms with Crippen molar-refractivity contribution in [3.8, 4) is 6.07 Å². The average molecular weight is 302 g/mol. The lowest BCUT2D eigenvalue weighted by molar-refractivity contribution is -0.140. The summed E-state index contributed by atoms with van der Waals surface area (Å²) in [4.78, 5) is 25.4. The van der Waals surface area contributed by atoms with Crippen LogP contribution in [-0.4, -0.2) is 39.5 Å². The molecule has 0 atom stereocenters. The van der Waals surface area contributed by atoms with Crippen molar-refractivity contribution in [2.45, 2.75) is 0 Å². The summed E-state index contributed by atoms with van der Waals surface area (Å²) in [5, 5.41) is 8.83. The third-order valence-corrected chi connectivity index (χ3v) is 3.14. The van der Waals surface area contributed by atoms with Gasteiger partial charge in [-0.05, 0) is 24.3 Å². The molecule has 114 valence electrons. The Kier molecular flexibility index (Phi) is 4.76. The van der Waals surface area contributed by atoms with Crippen LogP contribution in [0, 0.1) is 11.3 Å². The highest BCUT2D eigenvalue weighted by molar-refractivity contribution is 6.03. The van der Waals surface area contributed by atoms with Gasteiger partial charge in [0.2, 0.25) is 0 Å². The van der Waals surface area contributed by atoms with E-state index in [4.69, 9.17) is 14.7 Å². The van der Waals surface area contributed by atoms with E-state index in [2.05, 4.69) is 4.74 Å². The fraction of sp³-hybridized carbons (Fsp3) is 0.267. The Bertz CT molecular complexity index is 658. The van der Waals surface area contributed by atoms with Crippen molar-refractivity contribution >= 4 is 17.6 Å². The van der Waals surface area contributed by atoms with Crippen LogP contribution in [0.25, 0.3) is 0 Å². The molecule has 1 heterocycles. The molecule has 22 heavy (non-hydrogen) atoms. The topological polar surface area (TPSA) is 88.9 Å². The van der Waals surface area contributed by atoms with E-state index in [0.29, 0.717) is 11.3 Å². The zero-order valence-corrected chi connectivity index (χ0v) is 12.2. The number of esters is 2. The minimum atomic E-state index is -0.659. The molecular weight excluding hydrogens is 288 g/mol. The number of ether oxygens (including phenoxy) is 3. The molecule has 7 heteroatoms. The molecule has 1 aromatic carbocycles. The number of hydrogen-bond donors (Lipinski definition) is 0. The van der Waals surface area contributed by atoms with Gasteiger partial charge in [0.05, 0.1) is 38.0 Å². The predicted octanol–water partition coefficient (Wildman–Crippen LogP) is 0.952. The lowest BCUT2D eigenvalue weighted by Gasteiger charge is -2.31. The van der Waals surface area contributed by atoms with E-state index in [1.807, 2.05) is 6.07 Å². The summed E-state index contributed by atoms with van der Waals surface area (Å²) in [6, 6.07) is 8.54. The number of carbonyl (C=O) groups excluding carboxylic acids is 2. The van der Waals surface area contributed by atoms with Crippen molar-refractivity contribution in [1.29, 1.82) is 5.26 Å². The third kappa shape index (κ3) is 2.92. The minimum absolute atomic E-state index is 0.0378. The predicted molar refractivity (Wildman–Crippen MR) is 75.5 cm³/mol. The maximum absolute atomic E-state index is 12.1. The Hall–Kier alpha value is -2.85. The Morgan fingerprint density at radius 3 is 2.36 bits per heavy atom. The minimum Gasteiger partial charge on any atom is -0.466 e. The number of anilines is 1. The SMILES string of the molecule is COC(=O)C1=C(C(=O)OC)N(c2ccc(C#N)cc2)COC1. The van der Waals surface area contributed by atoms with Crippen molar-refractivity contribution in [2.24, 2.45) is 0 Å². The number of rotatable bonds is 3. The number of nitrogens with zero attached hydrogens (tertiary/aromatic N) is 2. The van der Waals surface area contributed by atoms with E-state index in [1.165, 1.54) is 19.1 Å². The Morgan fingerprint density at radius 2 is 1.82 bits per heavy atom. The molecule has 0 amide bonds. The van der Waals surface area contributed by atoms with E-state index in [1.54, 1.807) is 24.3 Å². The smallest absolute Gasteiger partial charge is 0.355 e. The maximum atomic E-state index is 12.1. The number of hydrogen-bond acceptors (Lipinski definition) is 7. The molecule has 1 aromatic rings. The normalized spacial score (nSPS) is 14.3. The van der Waals surface area contributed by atoms with Crippen molar-refractivity contribution < 1.29 is 23.8 Å². The molecule has 7 nitrogen and oxygen atoms in total. The quantitative estimate of drug-likeness (QED) is 0.768. The summed E-state index contributed by atoms with van der Waals surface area (Å²) in [5.41, 5.74) is 1.24. The van der Waals surface area contributed by atoms with Crippen molar-refractivity contribution in [3.63, 3.8) is 0 Å². The summed E-state index contributed by atoms with van der Waals surface area (Å²) in [7, 11) is 2.46. The van der Waals surface area contributed by atoms with E-state index in [-0.39, 0.29) is 24.6 Å². The van der Waals surface area contributed by atoms with Crippen molar-refractivity contribution in [1.82, 2.24) is 0 Å². The number of benzene rings is 1. The largest absolute Gasteiger partial charge is 0.466 e. The first-order valence-corrected chi connectivity index (χ1v) is 6.37. The summed E-state index contributed by atoms with van der Waals surface area (Å²) in [6.07, 6.45) is 0. The van der Waals surface area contributed by atoms with Crippen LogP contribution < -0.4 is 4.90 Å². The van der Waals surface area contributed by atoms with Gasteiger partial charge in [0.25, 0.3) is 0 Å². The summed E-state index contributed by atoms with van der Waals surface area (Å²) in [6.45, 7) is 0.0424. The molecule has 0 bridgehead atoms. The highest BCUT2D eigenvalue weighted by Gasteiger charge is 2.32. The number of nitriles is 1. The van der Waals surface area contributed by atoms with Gasteiger partial charge in [0, 0.05) is 5.69 Å². The molecule has 0 unspecified atom stereocenters. The van der Waals surface area contributed by atoms with Gasteiger partial charge in [0.1, 0.15) is 12.4 Å². The third-order valence-electron chi connectivity index (χ3n) is 3.14. The molecule has 0 aromatic heterocycles. The van der Waals surface area contributed by atoms with Crippen LogP contribution in [0.5, 0.6) is 0 Å². The molecule has 0 radical (unpaired) electrons. The molecule has 1 aliphatic heterocycles. The lowest BCUT2D eigenvalue weighted by atomic mass is 10.1. The molecular formula is C15H14N2O5. The first-order chi connectivity index (χ1) is 10.6. The molecule has 0 aliphatic carbocycles. The van der Waals surface area contributed by atoms with E-state index in [9.17, 15) is 9.59 Å². The van der Waals surface area contributed by atoms with Gasteiger partial charge in [-0.25, -0.2) is 9.59 Å². The Morgan fingerprint density at radius 1 is 1.18 bits per heavy atom. The highest BCUT2D eigenvalue weighted by Crippen LogP contribution is 2.26. The second-order valence-electron chi connectivity index (χ2n) is 4.37. The Balaban J connectivity index is 2.49. The van der Waals surface area contributed by atoms with Crippen LogP contribution in [0.4, 0.5) is 5.69 Å². The van der Waals surface area contributed by atoms with Gasteiger partial charge in [0.15, 0.2) is 0 Å². The molecule has 0 saturated carbocycles. The van der Waals surface area contributed by atoms with Crippen molar-refractivity contribution in [2.75, 3.05) is 32.5 Å². The molecule has 0 saturated heterocycles. The summed E-state index contributed by atoms with van der Waals surface area (Å²) < 4.78 is 14.8. The average Bonchev–Trinajstić information content (AvgIpc) is 2.59. The first kappa shape index (κ1) is 15.5. The summed E-state index contributed by atoms with van der Waals surface area (Å²) >= 11 is 0. The molecule has 0 N–H and O–H groups in total. The zero-order chi connectivity index (χ0) is 16.1. The maximum Gasteiger partial charge on any atom is 0.355 e. The first-order valence-electron chi connectivity index (χ1n) is 6.37. The van der Waals surface area contributed by atoms with E-state index in [0.717, 1.165) is 0 Å². The van der Waals surface area contributed by atoms with Gasteiger partial charge < -0.3 is 19.1 Å². The van der Waals surface area contributed by atoms with Gasteiger partial charge in [-0.3, -0.25) is 0 Å². The van der Waals surface area contributed by atoms with Gasteiger partial charge >= 0.3 is 11.9 Å². The van der Waals surface area contributed by atoms with Gasteiger partial charge in [-0.1, -0.05) is 0 Å². The van der Waals surface area contributed by atoms with Crippen LogP contribution in [0.15, 0.2) is 35.5 Å². The van der Waals surface area contributed by atoms with Gasteiger partial charge in [-0.15, -0.1) is 0 Å². The lowest BCUT2D eigenvalue weighted by Crippen LogP contribution is -2.38. The molecule has 1 aliphatic rings. The van der Waals surface area contributed by atoms with Crippen LogP contribution >= 0.6 is 0 Å². The van der Waals surface area contributed by atoms with Crippen molar-refractivity contribution in [3.05, 3.63) is 41.1 Å². The fourth-order valence-electron chi connectivity index (χ4n) is 2.06. The molecule has 0 spiro atoms. The fourth-order valence-corrected chi connectivity index (χ4v) is 2.06. The van der Waals surface area contributed by atoms with Crippen LogP contribution in [0.3, 0.4) is 0 Å². The van der Waals surface area contributed by atoms with E-state index < -0.39 is 11.9 Å². The van der Waals surface area contributed by atoms with E-state index >= 15 is 0 Å². The van der Waals surface area contributed by atoms with Crippen LogP contribution in [-0.2, 0) is 23.8 Å². The Labute approximate surface area is 127 Å².